The van der Waals surface area contributed by atoms with Crippen LogP contribution in [0.1, 0.15) is 48.8 Å². The van der Waals surface area contributed by atoms with Crippen LogP contribution in [-0.4, -0.2) is 41.1 Å². The molecule has 0 aliphatic carbocycles. The first-order valence-corrected chi connectivity index (χ1v) is 14.6. The van der Waals surface area contributed by atoms with Crippen molar-refractivity contribution in [3.05, 3.63) is 93.8 Å². The van der Waals surface area contributed by atoms with Gasteiger partial charge in [0.1, 0.15) is 12.4 Å². The molecule has 0 radical (unpaired) electrons. The van der Waals surface area contributed by atoms with E-state index in [0.717, 1.165) is 33.8 Å². The summed E-state index contributed by atoms with van der Waals surface area (Å²) in [5.74, 6) is -0.187. The van der Waals surface area contributed by atoms with Crippen LogP contribution in [0.25, 0.3) is 5.57 Å². The molecule has 3 heterocycles. The number of ether oxygens (including phenoxy) is 2. The fourth-order valence-electron chi connectivity index (χ4n) is 3.63. The molecular weight excluding hydrogens is 537 g/mol. The van der Waals surface area contributed by atoms with Gasteiger partial charge in [-0.25, -0.2) is 4.39 Å². The molecular formula is C28H32FN5O3S2. The molecule has 2 aromatic heterocycles. The predicted molar refractivity (Wildman–Crippen MR) is 156 cm³/mol. The highest BCUT2D eigenvalue weighted by Gasteiger charge is 2.26. The number of carbonyl (C=O) groups is 1. The lowest BCUT2D eigenvalue weighted by molar-refractivity contribution is 0.0997. The zero-order valence-corrected chi connectivity index (χ0v) is 24.5. The molecule has 0 aromatic carbocycles. The summed E-state index contributed by atoms with van der Waals surface area (Å²) in [6.07, 6.45) is 15.1. The molecule has 0 saturated heterocycles. The Morgan fingerprint density at radius 2 is 2.05 bits per heavy atom. The topological polar surface area (TPSA) is 101 Å². The number of halogens is 1. The Kier molecular flexibility index (Phi) is 10.6. The second-order valence-electron chi connectivity index (χ2n) is 8.48. The number of aryl methyl sites for hydroxylation is 1. The van der Waals surface area contributed by atoms with Crippen LogP contribution in [0, 0.1) is 11.7 Å². The van der Waals surface area contributed by atoms with E-state index in [0.29, 0.717) is 22.8 Å². The van der Waals surface area contributed by atoms with Gasteiger partial charge in [0, 0.05) is 28.6 Å². The van der Waals surface area contributed by atoms with Gasteiger partial charge in [0.05, 0.1) is 24.6 Å². The standard InChI is InChI=1S/C28H32FN5O3S2/c1-7-18(3)20(11-12-21(8-2)39(6)30)17-37-28-33-32-27(38-28)34-13-9-10-25(36-5)23(15-29)22-14-19(4)31-16-24(22)26(34)35/h8-16,30H,7,17H2,1-6H3/b12-11-,13-9-,20-18+,21-8+,23-15?,25-10+/t39-/m0/s1. The van der Waals surface area contributed by atoms with Gasteiger partial charge in [-0.15, -0.1) is 5.10 Å². The zero-order chi connectivity index (χ0) is 28.5. The van der Waals surface area contributed by atoms with Gasteiger partial charge in [0.25, 0.3) is 11.1 Å². The highest BCUT2D eigenvalue weighted by Crippen LogP contribution is 2.33. The van der Waals surface area contributed by atoms with Gasteiger partial charge in [-0.2, -0.15) is 0 Å². The van der Waals surface area contributed by atoms with Gasteiger partial charge in [0.2, 0.25) is 5.13 Å². The van der Waals surface area contributed by atoms with Crippen molar-refractivity contribution in [3.63, 3.8) is 0 Å². The molecule has 3 rings (SSSR count). The molecule has 0 spiro atoms. The Labute approximate surface area is 234 Å². The van der Waals surface area contributed by atoms with Crippen LogP contribution in [0.15, 0.2) is 77.0 Å². The molecule has 0 fully saturated rings. The third-order valence-electron chi connectivity index (χ3n) is 5.98. The minimum absolute atomic E-state index is 0.138. The first kappa shape index (κ1) is 29.9. The third kappa shape index (κ3) is 7.24. The van der Waals surface area contributed by atoms with E-state index >= 15 is 0 Å². The second-order valence-corrected chi connectivity index (χ2v) is 10.9. The molecule has 0 unspecified atom stereocenters. The minimum atomic E-state index is -0.599. The van der Waals surface area contributed by atoms with E-state index < -0.39 is 16.6 Å². The van der Waals surface area contributed by atoms with Crippen molar-refractivity contribution < 1.29 is 18.7 Å². The predicted octanol–water partition coefficient (Wildman–Crippen LogP) is 6.83. The first-order valence-electron chi connectivity index (χ1n) is 12.1. The summed E-state index contributed by atoms with van der Waals surface area (Å²) in [6, 6.07) is 1.64. The van der Waals surface area contributed by atoms with Gasteiger partial charge in [-0.1, -0.05) is 40.4 Å². The number of nitrogens with one attached hydrogen (secondary N) is 1. The molecule has 2 aromatic rings. The smallest absolute Gasteiger partial charge is 0.296 e. The Bertz CT molecular complexity index is 1440. The van der Waals surface area contributed by atoms with Crippen LogP contribution in [0.2, 0.25) is 0 Å². The Morgan fingerprint density at radius 3 is 2.69 bits per heavy atom. The first-order chi connectivity index (χ1) is 18.7. The van der Waals surface area contributed by atoms with E-state index in [9.17, 15) is 9.18 Å². The van der Waals surface area contributed by atoms with Crippen LogP contribution < -0.4 is 9.64 Å². The van der Waals surface area contributed by atoms with Crippen LogP contribution >= 0.6 is 11.3 Å². The normalized spacial score (nSPS) is 19.0. The van der Waals surface area contributed by atoms with Gasteiger partial charge < -0.3 is 9.47 Å². The van der Waals surface area contributed by atoms with E-state index in [2.05, 4.69) is 22.1 Å². The molecule has 0 saturated carbocycles. The number of nitrogens with zero attached hydrogens (tertiary/aromatic N) is 4. The van der Waals surface area contributed by atoms with Crippen molar-refractivity contribution in [2.24, 2.45) is 0 Å². The maximum Gasteiger partial charge on any atom is 0.296 e. The summed E-state index contributed by atoms with van der Waals surface area (Å²) in [7, 11) is 0.840. The Hall–Kier alpha value is -3.70. The lowest BCUT2D eigenvalue weighted by Gasteiger charge is -2.17. The van der Waals surface area contributed by atoms with Crippen molar-refractivity contribution >= 4 is 38.6 Å². The average Bonchev–Trinajstić information content (AvgIpc) is 3.41. The maximum atomic E-state index is 14.0. The largest absolute Gasteiger partial charge is 0.496 e. The van der Waals surface area contributed by atoms with Gasteiger partial charge in [0.15, 0.2) is 0 Å². The number of rotatable bonds is 9. The minimum Gasteiger partial charge on any atom is -0.496 e. The molecule has 1 aliphatic rings. The van der Waals surface area contributed by atoms with Crippen molar-refractivity contribution in [3.8, 4) is 5.19 Å². The maximum absolute atomic E-state index is 14.0. The van der Waals surface area contributed by atoms with E-state index in [1.54, 1.807) is 25.1 Å². The number of pyridine rings is 1. The number of allylic oxidation sites excluding steroid dienone is 6. The molecule has 11 heteroatoms. The number of carbonyl (C=O) groups excluding carboxylic acids is 1. The van der Waals surface area contributed by atoms with E-state index in [4.69, 9.17) is 14.3 Å². The zero-order valence-electron chi connectivity index (χ0n) is 22.8. The van der Waals surface area contributed by atoms with Crippen LogP contribution in [0.3, 0.4) is 0 Å². The molecule has 1 N–H and O–H groups in total. The summed E-state index contributed by atoms with van der Waals surface area (Å²) in [5.41, 5.74) is 3.45. The number of hydrogen-bond donors (Lipinski definition) is 1. The molecule has 0 bridgehead atoms. The number of aromatic nitrogens is 3. The number of amides is 1. The van der Waals surface area contributed by atoms with Gasteiger partial charge in [-0.3, -0.25) is 19.5 Å². The van der Waals surface area contributed by atoms with Crippen molar-refractivity contribution in [2.75, 3.05) is 24.9 Å². The molecule has 1 aliphatic heterocycles. The summed E-state index contributed by atoms with van der Waals surface area (Å²) in [5, 5.41) is 8.90. The molecule has 206 valence electrons. The van der Waals surface area contributed by atoms with Crippen LogP contribution in [-0.2, 0) is 15.4 Å². The van der Waals surface area contributed by atoms with Crippen LogP contribution in [0.5, 0.6) is 5.19 Å². The summed E-state index contributed by atoms with van der Waals surface area (Å²) >= 11 is 1.11. The SMILES string of the molecule is C\C=C(/C=C\C(COc1nnc(N2/C=C\C=C(\OC)C(=CF)c3cc(C)ncc3C2=O)s1)=C(\C)CC)[S@](C)=N. The summed E-state index contributed by atoms with van der Waals surface area (Å²) in [4.78, 5) is 20.1. The van der Waals surface area contributed by atoms with E-state index in [1.165, 1.54) is 24.4 Å². The quantitative estimate of drug-likeness (QED) is 0.332. The Balaban J connectivity index is 1.92. The fraction of sp³-hybridized carbons (Fsp3) is 0.286. The lowest BCUT2D eigenvalue weighted by Crippen LogP contribution is -2.26. The van der Waals surface area contributed by atoms with E-state index in [-0.39, 0.29) is 28.6 Å². The van der Waals surface area contributed by atoms with Crippen molar-refractivity contribution in [2.45, 2.75) is 34.1 Å². The van der Waals surface area contributed by atoms with Crippen LogP contribution in [0.4, 0.5) is 9.52 Å². The second kappa shape index (κ2) is 13.9. The number of fused-ring (bicyclic) bond motifs is 1. The van der Waals surface area contributed by atoms with Gasteiger partial charge >= 0.3 is 0 Å². The lowest BCUT2D eigenvalue weighted by atomic mass is 9.99. The summed E-state index contributed by atoms with van der Waals surface area (Å²) < 4.78 is 33.4. The van der Waals surface area contributed by atoms with E-state index in [1.807, 2.05) is 38.3 Å². The highest BCUT2D eigenvalue weighted by atomic mass is 32.2. The highest BCUT2D eigenvalue weighted by molar-refractivity contribution is 7.89. The van der Waals surface area contributed by atoms with Crippen molar-refractivity contribution in [1.82, 2.24) is 15.2 Å². The van der Waals surface area contributed by atoms with Gasteiger partial charge in [-0.05, 0) is 74.7 Å². The molecule has 8 nitrogen and oxygen atoms in total. The fourth-order valence-corrected chi connectivity index (χ4v) is 4.93. The summed E-state index contributed by atoms with van der Waals surface area (Å²) in [6.45, 7) is 8.06. The number of hydrogen-bond acceptors (Lipinski definition) is 8. The Morgan fingerprint density at radius 1 is 1.28 bits per heavy atom. The number of methoxy groups -OCH3 is 1. The monoisotopic (exact) mass is 569 g/mol. The molecule has 39 heavy (non-hydrogen) atoms. The van der Waals surface area contributed by atoms with Crippen molar-refractivity contribution in [1.29, 1.82) is 4.78 Å². The average molecular weight is 570 g/mol. The number of anilines is 1. The molecule has 1 amide bonds. The third-order valence-corrected chi connectivity index (χ3v) is 7.89. The molecule has 1 atom stereocenters.